The lowest BCUT2D eigenvalue weighted by molar-refractivity contribution is -0.151. The van der Waals surface area contributed by atoms with E-state index in [9.17, 15) is 4.79 Å². The fourth-order valence-electron chi connectivity index (χ4n) is 1.50. The maximum absolute atomic E-state index is 11.1. The van der Waals surface area contributed by atoms with Crippen molar-refractivity contribution in [2.75, 3.05) is 20.1 Å². The van der Waals surface area contributed by atoms with Gasteiger partial charge in [-0.25, -0.2) is 4.79 Å². The van der Waals surface area contributed by atoms with Crippen LogP contribution in [0.25, 0.3) is 0 Å². The summed E-state index contributed by atoms with van der Waals surface area (Å²) < 4.78 is 5.24. The lowest BCUT2D eigenvalue weighted by atomic mass is 10.1. The van der Waals surface area contributed by atoms with Gasteiger partial charge in [0.25, 0.3) is 0 Å². The quantitative estimate of drug-likeness (QED) is 0.480. The second-order valence-electron chi connectivity index (χ2n) is 4.48. The third kappa shape index (κ3) is 7.14. The second-order valence-corrected chi connectivity index (χ2v) is 4.48. The molecule has 0 heterocycles. The fraction of sp³-hybridized carbons (Fsp3) is 0.750. The number of esters is 1. The van der Waals surface area contributed by atoms with Crippen LogP contribution in [0.4, 0.5) is 0 Å². The Balaban J connectivity index is 4.00. The SMILES string of the molecule is C=CC(=O)OC(C)(C)CN(C)CCCC. The van der Waals surface area contributed by atoms with Crippen LogP contribution in [0.1, 0.15) is 33.6 Å². The van der Waals surface area contributed by atoms with E-state index in [0.717, 1.165) is 13.1 Å². The molecule has 0 atom stereocenters. The Kier molecular flexibility index (Phi) is 6.25. The monoisotopic (exact) mass is 213 g/mol. The van der Waals surface area contributed by atoms with Gasteiger partial charge in [0.2, 0.25) is 0 Å². The van der Waals surface area contributed by atoms with Crippen molar-refractivity contribution in [2.24, 2.45) is 0 Å². The van der Waals surface area contributed by atoms with E-state index < -0.39 is 5.60 Å². The van der Waals surface area contributed by atoms with Crippen LogP contribution in [0.3, 0.4) is 0 Å². The normalized spacial score (nSPS) is 11.5. The summed E-state index contributed by atoms with van der Waals surface area (Å²) in [5.74, 6) is -0.358. The Morgan fingerprint density at radius 3 is 2.60 bits per heavy atom. The number of rotatable bonds is 7. The summed E-state index contributed by atoms with van der Waals surface area (Å²) in [5, 5.41) is 0. The van der Waals surface area contributed by atoms with Gasteiger partial charge in [0.1, 0.15) is 5.60 Å². The number of hydrogen-bond acceptors (Lipinski definition) is 3. The average Bonchev–Trinajstić information content (AvgIpc) is 2.12. The van der Waals surface area contributed by atoms with E-state index in [0.29, 0.717) is 0 Å². The number of nitrogens with zero attached hydrogens (tertiary/aromatic N) is 1. The largest absolute Gasteiger partial charge is 0.455 e. The zero-order chi connectivity index (χ0) is 11.9. The summed E-state index contributed by atoms with van der Waals surface area (Å²) in [6.45, 7) is 11.2. The van der Waals surface area contributed by atoms with E-state index in [4.69, 9.17) is 4.74 Å². The fourth-order valence-corrected chi connectivity index (χ4v) is 1.50. The highest BCUT2D eigenvalue weighted by Crippen LogP contribution is 2.11. The molecule has 0 aromatic carbocycles. The van der Waals surface area contributed by atoms with Crippen LogP contribution < -0.4 is 0 Å². The van der Waals surface area contributed by atoms with E-state index in [-0.39, 0.29) is 5.97 Å². The molecule has 0 aromatic heterocycles. The first kappa shape index (κ1) is 14.2. The lowest BCUT2D eigenvalue weighted by Crippen LogP contribution is -2.40. The lowest BCUT2D eigenvalue weighted by Gasteiger charge is -2.29. The average molecular weight is 213 g/mol. The van der Waals surface area contributed by atoms with Crippen molar-refractivity contribution in [3.05, 3.63) is 12.7 Å². The van der Waals surface area contributed by atoms with E-state index in [1.165, 1.54) is 18.9 Å². The summed E-state index contributed by atoms with van der Waals surface area (Å²) in [5.41, 5.74) is -0.451. The van der Waals surface area contributed by atoms with Gasteiger partial charge >= 0.3 is 5.97 Å². The van der Waals surface area contributed by atoms with Gasteiger partial charge in [0.05, 0.1) is 0 Å². The topological polar surface area (TPSA) is 29.5 Å². The molecule has 0 spiro atoms. The maximum atomic E-state index is 11.1. The van der Waals surface area contributed by atoms with Crippen LogP contribution in [0, 0.1) is 0 Å². The second kappa shape index (κ2) is 6.62. The molecule has 3 heteroatoms. The van der Waals surface area contributed by atoms with Crippen LogP contribution in [0.5, 0.6) is 0 Å². The highest BCUT2D eigenvalue weighted by molar-refractivity contribution is 5.81. The van der Waals surface area contributed by atoms with Gasteiger partial charge in [-0.2, -0.15) is 0 Å². The van der Waals surface area contributed by atoms with Crippen molar-refractivity contribution in [1.29, 1.82) is 0 Å². The third-order valence-corrected chi connectivity index (χ3v) is 2.09. The predicted octanol–water partition coefficient (Wildman–Crippen LogP) is 2.23. The molecule has 0 N–H and O–H groups in total. The van der Waals surface area contributed by atoms with Gasteiger partial charge in [0, 0.05) is 12.6 Å². The molecule has 0 aliphatic heterocycles. The zero-order valence-electron chi connectivity index (χ0n) is 10.4. The van der Waals surface area contributed by atoms with E-state index >= 15 is 0 Å². The summed E-state index contributed by atoms with van der Waals surface area (Å²) in [6, 6.07) is 0. The number of likely N-dealkylation sites (N-methyl/N-ethyl adjacent to an activating group) is 1. The van der Waals surface area contributed by atoms with Gasteiger partial charge in [-0.3, -0.25) is 0 Å². The first-order valence-corrected chi connectivity index (χ1v) is 5.45. The van der Waals surface area contributed by atoms with Crippen molar-refractivity contribution in [3.8, 4) is 0 Å². The first-order valence-electron chi connectivity index (χ1n) is 5.45. The molecular weight excluding hydrogens is 190 g/mol. The number of hydrogen-bond donors (Lipinski definition) is 0. The summed E-state index contributed by atoms with van der Waals surface area (Å²) in [6.07, 6.45) is 3.55. The van der Waals surface area contributed by atoms with Crippen molar-refractivity contribution in [2.45, 2.75) is 39.2 Å². The molecule has 88 valence electrons. The third-order valence-electron chi connectivity index (χ3n) is 2.09. The molecule has 15 heavy (non-hydrogen) atoms. The Morgan fingerprint density at radius 1 is 1.53 bits per heavy atom. The molecule has 0 bridgehead atoms. The minimum absolute atomic E-state index is 0.358. The highest BCUT2D eigenvalue weighted by Gasteiger charge is 2.23. The number of ether oxygens (including phenoxy) is 1. The minimum Gasteiger partial charge on any atom is -0.455 e. The van der Waals surface area contributed by atoms with Crippen LogP contribution >= 0.6 is 0 Å². The molecule has 0 saturated carbocycles. The molecule has 0 radical (unpaired) electrons. The Bertz CT molecular complexity index is 212. The number of carbonyl (C=O) groups is 1. The first-order chi connectivity index (χ1) is 6.91. The molecule has 0 aliphatic rings. The van der Waals surface area contributed by atoms with Crippen LogP contribution in [-0.2, 0) is 9.53 Å². The van der Waals surface area contributed by atoms with Gasteiger partial charge in [-0.15, -0.1) is 0 Å². The van der Waals surface area contributed by atoms with Crippen LogP contribution in [0.2, 0.25) is 0 Å². The summed E-state index contributed by atoms with van der Waals surface area (Å²) in [4.78, 5) is 13.2. The molecule has 0 aliphatic carbocycles. The Morgan fingerprint density at radius 2 is 2.13 bits per heavy atom. The Hall–Kier alpha value is -0.830. The van der Waals surface area contributed by atoms with Gasteiger partial charge in [0.15, 0.2) is 0 Å². The summed E-state index contributed by atoms with van der Waals surface area (Å²) in [7, 11) is 2.04. The van der Waals surface area contributed by atoms with Crippen LogP contribution in [0.15, 0.2) is 12.7 Å². The van der Waals surface area contributed by atoms with Crippen molar-refractivity contribution in [3.63, 3.8) is 0 Å². The highest BCUT2D eigenvalue weighted by atomic mass is 16.6. The molecule has 0 rings (SSSR count). The molecule has 0 aromatic rings. The van der Waals surface area contributed by atoms with Gasteiger partial charge in [-0.05, 0) is 33.9 Å². The summed E-state index contributed by atoms with van der Waals surface area (Å²) >= 11 is 0. The van der Waals surface area contributed by atoms with E-state index in [1.54, 1.807) is 0 Å². The molecule has 0 unspecified atom stereocenters. The molecule has 0 amide bonds. The van der Waals surface area contributed by atoms with E-state index in [1.807, 2.05) is 20.9 Å². The molecular formula is C12H23NO2. The van der Waals surface area contributed by atoms with Crippen molar-refractivity contribution >= 4 is 5.97 Å². The van der Waals surface area contributed by atoms with Gasteiger partial charge in [-0.1, -0.05) is 19.9 Å². The van der Waals surface area contributed by atoms with Gasteiger partial charge < -0.3 is 9.64 Å². The zero-order valence-corrected chi connectivity index (χ0v) is 10.4. The molecule has 3 nitrogen and oxygen atoms in total. The molecule has 0 fully saturated rings. The number of unbranched alkanes of at least 4 members (excludes halogenated alkanes) is 1. The molecule has 0 saturated heterocycles. The Labute approximate surface area is 93.1 Å². The standard InChI is InChI=1S/C12H23NO2/c1-6-8-9-13(5)10-12(3,4)15-11(14)7-2/h7H,2,6,8-10H2,1,3-5H3. The van der Waals surface area contributed by atoms with Crippen molar-refractivity contribution < 1.29 is 9.53 Å². The number of carbonyl (C=O) groups excluding carboxylic acids is 1. The predicted molar refractivity (Wildman–Crippen MR) is 62.8 cm³/mol. The van der Waals surface area contributed by atoms with Crippen LogP contribution in [-0.4, -0.2) is 36.6 Å². The maximum Gasteiger partial charge on any atom is 0.330 e. The van der Waals surface area contributed by atoms with Crippen molar-refractivity contribution in [1.82, 2.24) is 4.90 Å². The minimum atomic E-state index is -0.451. The smallest absolute Gasteiger partial charge is 0.330 e. The van der Waals surface area contributed by atoms with E-state index in [2.05, 4.69) is 18.4 Å².